The minimum absolute atomic E-state index is 0.00206. The van der Waals surface area contributed by atoms with Crippen LogP contribution in [0.4, 0.5) is 13.2 Å². The number of rotatable bonds is 3. The zero-order valence-electron chi connectivity index (χ0n) is 9.51. The molecule has 0 radical (unpaired) electrons. The third kappa shape index (κ3) is 2.23. The second-order valence-corrected chi connectivity index (χ2v) is 3.72. The Balaban J connectivity index is 3.45. The van der Waals surface area contributed by atoms with Gasteiger partial charge in [0.25, 0.3) is 0 Å². The number of alkyl halides is 3. The molecule has 0 aliphatic carbocycles. The first-order valence-corrected chi connectivity index (χ1v) is 4.91. The number of nitrogens with two attached hydrogens (primary N) is 1. The van der Waals surface area contributed by atoms with Crippen molar-refractivity contribution in [1.82, 2.24) is 0 Å². The summed E-state index contributed by atoms with van der Waals surface area (Å²) < 4.78 is 43.5. The van der Waals surface area contributed by atoms with E-state index in [0.717, 1.165) is 6.07 Å². The van der Waals surface area contributed by atoms with Gasteiger partial charge < -0.3 is 15.6 Å². The first-order chi connectivity index (χ1) is 7.78. The summed E-state index contributed by atoms with van der Waals surface area (Å²) in [5.41, 5.74) is 2.12. The van der Waals surface area contributed by atoms with E-state index in [0.29, 0.717) is 5.56 Å². The molecular weight excluding hydrogens is 235 g/mol. The molecule has 0 spiro atoms. The molecule has 0 aliphatic rings. The summed E-state index contributed by atoms with van der Waals surface area (Å²) in [6, 6.07) is 4.17. The van der Waals surface area contributed by atoms with Crippen LogP contribution in [0.1, 0.15) is 11.1 Å². The fraction of sp³-hybridized carbons (Fsp3) is 0.455. The zero-order valence-corrected chi connectivity index (χ0v) is 9.51. The molecule has 17 heavy (non-hydrogen) atoms. The van der Waals surface area contributed by atoms with Crippen LogP contribution < -0.4 is 10.5 Å². The van der Waals surface area contributed by atoms with Crippen LogP contribution in [-0.4, -0.2) is 24.9 Å². The maximum absolute atomic E-state index is 12.9. The lowest BCUT2D eigenvalue weighted by Crippen LogP contribution is -2.48. The quantitative estimate of drug-likeness (QED) is 0.857. The number of aliphatic hydroxyl groups is 1. The topological polar surface area (TPSA) is 55.5 Å². The molecule has 3 nitrogen and oxygen atoms in total. The molecule has 0 bridgehead atoms. The smallest absolute Gasteiger partial charge is 0.422 e. The molecule has 3 N–H and O–H groups in total. The molecule has 6 heteroatoms. The Morgan fingerprint density at radius 2 is 1.94 bits per heavy atom. The summed E-state index contributed by atoms with van der Waals surface area (Å²) in [7, 11) is 1.25. The molecule has 1 rings (SSSR count). The maximum Gasteiger partial charge on any atom is 0.422 e. The fourth-order valence-corrected chi connectivity index (χ4v) is 1.63. The summed E-state index contributed by atoms with van der Waals surface area (Å²) in [6.07, 6.45) is -4.86. The lowest BCUT2D eigenvalue weighted by Gasteiger charge is -2.31. The van der Waals surface area contributed by atoms with Gasteiger partial charge in [0, 0.05) is 12.1 Å². The first kappa shape index (κ1) is 13.8. The molecule has 0 saturated carbocycles. The Morgan fingerprint density at radius 3 is 2.35 bits per heavy atom. The van der Waals surface area contributed by atoms with Gasteiger partial charge >= 0.3 is 6.18 Å². The van der Waals surface area contributed by atoms with Gasteiger partial charge in [0.1, 0.15) is 5.75 Å². The van der Waals surface area contributed by atoms with Crippen LogP contribution in [0.15, 0.2) is 18.2 Å². The van der Waals surface area contributed by atoms with E-state index in [4.69, 9.17) is 10.5 Å². The highest BCUT2D eigenvalue weighted by Crippen LogP contribution is 2.42. The van der Waals surface area contributed by atoms with E-state index in [-0.39, 0.29) is 11.3 Å². The summed E-state index contributed by atoms with van der Waals surface area (Å²) in [5.74, 6) is -0.00206. The highest BCUT2D eigenvalue weighted by molar-refractivity contribution is 5.45. The number of halogens is 3. The fourth-order valence-electron chi connectivity index (χ4n) is 1.63. The van der Waals surface area contributed by atoms with Crippen LogP contribution in [0, 0.1) is 6.92 Å². The van der Waals surface area contributed by atoms with Gasteiger partial charge in [-0.05, 0) is 12.5 Å². The Bertz CT molecular complexity index is 406. The number of aryl methyl sites for hydroxylation is 1. The predicted molar refractivity (Wildman–Crippen MR) is 56.7 cm³/mol. The molecule has 0 aromatic heterocycles. The predicted octanol–water partition coefficient (Wildman–Crippen LogP) is 1.71. The molecule has 0 amide bonds. The first-order valence-electron chi connectivity index (χ1n) is 4.91. The summed E-state index contributed by atoms with van der Waals surface area (Å²) >= 11 is 0. The molecule has 0 heterocycles. The van der Waals surface area contributed by atoms with Crippen molar-refractivity contribution in [3.8, 4) is 5.75 Å². The van der Waals surface area contributed by atoms with E-state index in [1.54, 1.807) is 13.0 Å². The summed E-state index contributed by atoms with van der Waals surface area (Å²) in [5, 5.41) is 9.73. The second-order valence-electron chi connectivity index (χ2n) is 3.72. The average molecular weight is 249 g/mol. The van der Waals surface area contributed by atoms with Gasteiger partial charge in [-0.1, -0.05) is 18.2 Å². The normalized spacial score (nSPS) is 15.5. The van der Waals surface area contributed by atoms with Crippen LogP contribution in [0.5, 0.6) is 5.75 Å². The highest BCUT2D eigenvalue weighted by atomic mass is 19.4. The van der Waals surface area contributed by atoms with Crippen LogP contribution in [0.2, 0.25) is 0 Å². The Kier molecular flexibility index (Phi) is 3.68. The zero-order chi connectivity index (χ0) is 13.3. The van der Waals surface area contributed by atoms with Gasteiger partial charge in [-0.3, -0.25) is 0 Å². The third-order valence-corrected chi connectivity index (χ3v) is 2.63. The van der Waals surface area contributed by atoms with Crippen molar-refractivity contribution in [1.29, 1.82) is 0 Å². The van der Waals surface area contributed by atoms with Crippen molar-refractivity contribution in [2.75, 3.05) is 13.7 Å². The van der Waals surface area contributed by atoms with E-state index in [2.05, 4.69) is 0 Å². The molecule has 0 aliphatic heterocycles. The molecule has 1 aromatic rings. The summed E-state index contributed by atoms with van der Waals surface area (Å²) in [4.78, 5) is 0. The second kappa shape index (κ2) is 4.54. The van der Waals surface area contributed by atoms with Crippen molar-refractivity contribution < 1.29 is 23.0 Å². The molecule has 1 aromatic carbocycles. The van der Waals surface area contributed by atoms with E-state index in [1.165, 1.54) is 13.2 Å². The number of methoxy groups -OCH3 is 1. The molecule has 0 saturated heterocycles. The van der Waals surface area contributed by atoms with Crippen molar-refractivity contribution in [3.05, 3.63) is 29.3 Å². The monoisotopic (exact) mass is 249 g/mol. The maximum atomic E-state index is 12.9. The third-order valence-electron chi connectivity index (χ3n) is 2.63. The molecule has 96 valence electrons. The highest BCUT2D eigenvalue weighted by Gasteiger charge is 2.55. The van der Waals surface area contributed by atoms with Crippen molar-refractivity contribution >= 4 is 0 Å². The van der Waals surface area contributed by atoms with Gasteiger partial charge in [0.15, 0.2) is 0 Å². The van der Waals surface area contributed by atoms with Crippen molar-refractivity contribution in [2.45, 2.75) is 18.7 Å². The van der Waals surface area contributed by atoms with Gasteiger partial charge in [-0.15, -0.1) is 0 Å². The summed E-state index contributed by atoms with van der Waals surface area (Å²) in [6.45, 7) is 0.631. The Labute approximate surface area is 97.0 Å². The van der Waals surface area contributed by atoms with E-state index in [1.807, 2.05) is 0 Å². The number of ether oxygens (including phenoxy) is 1. The largest absolute Gasteiger partial charge is 0.496 e. The SMILES string of the molecule is COc1c(C)cccc1C(O)(CN)C(F)(F)F. The number of para-hydroxylation sites is 1. The van der Waals surface area contributed by atoms with Crippen LogP contribution in [0.3, 0.4) is 0 Å². The van der Waals surface area contributed by atoms with Crippen LogP contribution in [0.25, 0.3) is 0 Å². The number of benzene rings is 1. The standard InChI is InChI=1S/C11H14F3NO2/c1-7-4-3-5-8(9(7)17-2)10(16,6-15)11(12,13)14/h3-5,16H,6,15H2,1-2H3. The van der Waals surface area contributed by atoms with Crippen molar-refractivity contribution in [2.24, 2.45) is 5.73 Å². The van der Waals surface area contributed by atoms with E-state index < -0.39 is 18.3 Å². The Morgan fingerprint density at radius 1 is 1.35 bits per heavy atom. The van der Waals surface area contributed by atoms with Gasteiger partial charge in [0.2, 0.25) is 5.60 Å². The minimum Gasteiger partial charge on any atom is -0.496 e. The molecule has 0 fully saturated rings. The minimum atomic E-state index is -4.86. The Hall–Kier alpha value is -1.27. The van der Waals surface area contributed by atoms with Crippen LogP contribution >= 0.6 is 0 Å². The molecule has 1 unspecified atom stereocenters. The van der Waals surface area contributed by atoms with E-state index in [9.17, 15) is 18.3 Å². The van der Waals surface area contributed by atoms with Gasteiger partial charge in [-0.25, -0.2) is 0 Å². The lowest BCUT2D eigenvalue weighted by atomic mass is 9.91. The van der Waals surface area contributed by atoms with Crippen molar-refractivity contribution in [3.63, 3.8) is 0 Å². The van der Waals surface area contributed by atoms with Gasteiger partial charge in [-0.2, -0.15) is 13.2 Å². The lowest BCUT2D eigenvalue weighted by molar-refractivity contribution is -0.262. The molecule has 1 atom stereocenters. The molecular formula is C11H14F3NO2. The van der Waals surface area contributed by atoms with E-state index >= 15 is 0 Å². The van der Waals surface area contributed by atoms with Crippen LogP contribution in [-0.2, 0) is 5.60 Å². The number of hydrogen-bond donors (Lipinski definition) is 2. The number of hydrogen-bond acceptors (Lipinski definition) is 3. The van der Waals surface area contributed by atoms with Gasteiger partial charge in [0.05, 0.1) is 7.11 Å². The average Bonchev–Trinajstić information content (AvgIpc) is 2.26.